The van der Waals surface area contributed by atoms with Crippen molar-refractivity contribution in [2.45, 2.75) is 64.1 Å². The van der Waals surface area contributed by atoms with Crippen LogP contribution < -0.4 is 20.2 Å². The number of amides is 1. The Hall–Kier alpha value is -3.87. The molecule has 9 nitrogen and oxygen atoms in total. The number of methoxy groups -OCH3 is 1. The molecule has 2 heterocycles. The van der Waals surface area contributed by atoms with Crippen LogP contribution >= 0.6 is 0 Å². The molecule has 0 unspecified atom stereocenters. The summed E-state index contributed by atoms with van der Waals surface area (Å²) in [5, 5.41) is 3.22. The van der Waals surface area contributed by atoms with Crippen LogP contribution in [0.15, 0.2) is 59.0 Å². The molecule has 12 heteroatoms. The predicted octanol–water partition coefficient (Wildman–Crippen LogP) is 5.77. The largest absolute Gasteiger partial charge is 0.496 e. The molecule has 1 saturated carbocycles. The zero-order valence-corrected chi connectivity index (χ0v) is 27.6. The summed E-state index contributed by atoms with van der Waals surface area (Å²) in [4.78, 5) is 13.0. The van der Waals surface area contributed by atoms with E-state index >= 15 is 0 Å². The normalized spacial score (nSPS) is 17.3. The first-order chi connectivity index (χ1) is 21.7. The van der Waals surface area contributed by atoms with Gasteiger partial charge in [0.1, 0.15) is 22.9 Å². The number of sulfonamides is 1. The molecule has 0 spiro atoms. The van der Waals surface area contributed by atoms with Crippen LogP contribution in [0, 0.1) is 5.82 Å². The number of hydrogen-bond donors (Lipinski definition) is 2. The summed E-state index contributed by atoms with van der Waals surface area (Å²) in [7, 11) is -1.30. The smallest absolute Gasteiger partial charge is 0.494 e. The van der Waals surface area contributed by atoms with Gasteiger partial charge in [-0.25, -0.2) is 12.8 Å². The molecule has 1 aliphatic heterocycles. The van der Waals surface area contributed by atoms with Crippen LogP contribution in [0.1, 0.15) is 67.9 Å². The van der Waals surface area contributed by atoms with Crippen LogP contribution in [0.4, 0.5) is 10.1 Å². The minimum atomic E-state index is -3.81. The zero-order chi connectivity index (χ0) is 33.0. The van der Waals surface area contributed by atoms with Gasteiger partial charge in [-0.15, -0.1) is 0 Å². The third-order valence-corrected chi connectivity index (χ3v) is 10.5. The van der Waals surface area contributed by atoms with Gasteiger partial charge in [0.2, 0.25) is 10.0 Å². The summed E-state index contributed by atoms with van der Waals surface area (Å²) < 4.78 is 67.5. The average Bonchev–Trinajstić information content (AvgIpc) is 3.74. The Bertz CT molecular complexity index is 1900. The number of benzene rings is 3. The van der Waals surface area contributed by atoms with Gasteiger partial charge in [0, 0.05) is 24.1 Å². The van der Waals surface area contributed by atoms with Crippen LogP contribution in [-0.2, 0) is 25.8 Å². The molecule has 2 aliphatic rings. The lowest BCUT2D eigenvalue weighted by Crippen LogP contribution is -2.41. The number of furan rings is 1. The first kappa shape index (κ1) is 32.1. The molecule has 6 rings (SSSR count). The van der Waals surface area contributed by atoms with Gasteiger partial charge in [-0.05, 0) is 106 Å². The number of nitrogens with one attached hydrogen (secondary N) is 2. The quantitative estimate of drug-likeness (QED) is 0.210. The highest BCUT2D eigenvalue weighted by Gasteiger charge is 2.51. The molecule has 1 amide bonds. The Morgan fingerprint density at radius 2 is 1.70 bits per heavy atom. The number of rotatable bonds is 10. The van der Waals surface area contributed by atoms with Gasteiger partial charge in [-0.1, -0.05) is 12.1 Å². The molecule has 0 bridgehead atoms. The van der Waals surface area contributed by atoms with Crippen LogP contribution in [0.5, 0.6) is 5.75 Å². The molecule has 1 aliphatic carbocycles. The van der Waals surface area contributed by atoms with Gasteiger partial charge in [0.25, 0.3) is 5.91 Å². The number of fused-ring (bicyclic) bond motifs is 1. The minimum Gasteiger partial charge on any atom is -0.496 e. The summed E-state index contributed by atoms with van der Waals surface area (Å²) in [5.41, 5.74) is 2.95. The lowest BCUT2D eigenvalue weighted by atomic mass is 9.78. The number of carbonyl (C=O) groups excluding carboxylic acids is 1. The summed E-state index contributed by atoms with van der Waals surface area (Å²) in [5.74, 6) is 0.0370. The Kier molecular flexibility index (Phi) is 8.19. The molecule has 2 N–H and O–H groups in total. The molecular weight excluding hydrogens is 610 g/mol. The van der Waals surface area contributed by atoms with Crippen molar-refractivity contribution in [3.8, 4) is 17.1 Å². The van der Waals surface area contributed by atoms with E-state index in [0.717, 1.165) is 29.4 Å². The molecule has 242 valence electrons. The number of carbonyl (C=O) groups is 1. The number of aryl methyl sites for hydroxylation is 1. The Balaban J connectivity index is 1.26. The first-order valence-corrected chi connectivity index (χ1v) is 17.0. The maximum Gasteiger partial charge on any atom is 0.494 e. The fraction of sp³-hybridized carbons (Fsp3) is 0.382. The minimum absolute atomic E-state index is 0.159. The Morgan fingerprint density at radius 1 is 1.02 bits per heavy atom. The van der Waals surface area contributed by atoms with E-state index in [-0.39, 0.29) is 29.8 Å². The highest BCUT2D eigenvalue weighted by atomic mass is 32.2. The van der Waals surface area contributed by atoms with E-state index in [0.29, 0.717) is 33.5 Å². The van der Waals surface area contributed by atoms with Crippen LogP contribution in [0.2, 0.25) is 0 Å². The zero-order valence-electron chi connectivity index (χ0n) is 26.8. The third kappa shape index (κ3) is 6.13. The van der Waals surface area contributed by atoms with E-state index in [4.69, 9.17) is 18.5 Å². The van der Waals surface area contributed by atoms with Crippen LogP contribution in [0.25, 0.3) is 22.3 Å². The van der Waals surface area contributed by atoms with Crippen LogP contribution in [-0.4, -0.2) is 52.6 Å². The topological polar surface area (TPSA) is 116 Å². The van der Waals surface area contributed by atoms with Crippen molar-refractivity contribution >= 4 is 45.2 Å². The first-order valence-electron chi connectivity index (χ1n) is 15.3. The van der Waals surface area contributed by atoms with Crippen LogP contribution in [0.3, 0.4) is 0 Å². The fourth-order valence-corrected chi connectivity index (χ4v) is 6.79. The van der Waals surface area contributed by atoms with Gasteiger partial charge >= 0.3 is 7.12 Å². The van der Waals surface area contributed by atoms with Gasteiger partial charge in [0.05, 0.1) is 35.3 Å². The second-order valence-electron chi connectivity index (χ2n) is 12.9. The Labute approximate surface area is 269 Å². The van der Waals surface area contributed by atoms with Crippen molar-refractivity contribution in [2.75, 3.05) is 24.6 Å². The van der Waals surface area contributed by atoms with Crippen molar-refractivity contribution in [1.29, 1.82) is 0 Å². The molecule has 1 saturated heterocycles. The van der Waals surface area contributed by atoms with E-state index in [1.54, 1.807) is 25.3 Å². The summed E-state index contributed by atoms with van der Waals surface area (Å²) in [6.07, 6.45) is 2.02. The molecule has 3 aromatic carbocycles. The van der Waals surface area contributed by atoms with E-state index < -0.39 is 34.2 Å². The summed E-state index contributed by atoms with van der Waals surface area (Å²) >= 11 is 0. The van der Waals surface area contributed by atoms with Gasteiger partial charge < -0.3 is 23.8 Å². The van der Waals surface area contributed by atoms with Crippen molar-refractivity contribution in [3.05, 3.63) is 77.1 Å². The number of anilines is 1. The van der Waals surface area contributed by atoms with Gasteiger partial charge in [-0.3, -0.25) is 9.52 Å². The van der Waals surface area contributed by atoms with E-state index in [2.05, 4.69) is 10.0 Å². The standard InChI is InChI=1S/C34H38BFN2O7S/c1-33(2)34(3,4)45-35(44-33)23-12-9-21(28(17-23)42-6)15-16-46(40,41)38-27-19-29-26(18-25(27)20-7-8-20)30(32(39)37-5)31(43-29)22-10-13-24(36)14-11-22/h9-14,17-20,38H,7-8,15-16H2,1-6H3,(H,37,39). The monoisotopic (exact) mass is 648 g/mol. The average molecular weight is 649 g/mol. The van der Waals surface area contributed by atoms with Crippen molar-refractivity contribution < 1.29 is 36.1 Å². The van der Waals surface area contributed by atoms with Crippen molar-refractivity contribution in [1.82, 2.24) is 5.32 Å². The third-order valence-electron chi connectivity index (χ3n) is 9.18. The Morgan fingerprint density at radius 3 is 2.30 bits per heavy atom. The van der Waals surface area contributed by atoms with Gasteiger partial charge in [0.15, 0.2) is 0 Å². The molecule has 0 radical (unpaired) electrons. The fourth-order valence-electron chi connectivity index (χ4n) is 5.69. The van der Waals surface area contributed by atoms with E-state index in [9.17, 15) is 17.6 Å². The van der Waals surface area contributed by atoms with E-state index in [1.165, 1.54) is 19.2 Å². The molecule has 0 atom stereocenters. The van der Waals surface area contributed by atoms with Crippen molar-refractivity contribution in [3.63, 3.8) is 0 Å². The lowest BCUT2D eigenvalue weighted by Gasteiger charge is -2.32. The molecule has 2 fully saturated rings. The van der Waals surface area contributed by atoms with Crippen molar-refractivity contribution in [2.24, 2.45) is 0 Å². The molecule has 4 aromatic rings. The maximum atomic E-state index is 13.6. The molecular formula is C34H38BFN2O7S. The summed E-state index contributed by atoms with van der Waals surface area (Å²) in [6.45, 7) is 7.94. The molecule has 1 aromatic heterocycles. The lowest BCUT2D eigenvalue weighted by molar-refractivity contribution is 0.00578. The second-order valence-corrected chi connectivity index (χ2v) is 14.8. The maximum absolute atomic E-state index is 13.6. The summed E-state index contributed by atoms with van der Waals surface area (Å²) in [6, 6.07) is 14.7. The highest BCUT2D eigenvalue weighted by molar-refractivity contribution is 7.92. The number of hydrogen-bond acceptors (Lipinski definition) is 7. The van der Waals surface area contributed by atoms with E-state index in [1.807, 2.05) is 52.0 Å². The predicted molar refractivity (Wildman–Crippen MR) is 177 cm³/mol. The SMILES string of the molecule is CNC(=O)c1c(-c2ccc(F)cc2)oc2cc(NS(=O)(=O)CCc3ccc(B4OC(C)(C)C(C)(C)O4)cc3OC)c(C3CC3)cc12. The van der Waals surface area contributed by atoms with Gasteiger partial charge in [-0.2, -0.15) is 0 Å². The number of halogens is 1. The highest BCUT2D eigenvalue weighted by Crippen LogP contribution is 2.47. The molecule has 46 heavy (non-hydrogen) atoms. The second kappa shape index (κ2) is 11.7. The number of ether oxygens (including phenoxy) is 1.